The van der Waals surface area contributed by atoms with Crippen molar-refractivity contribution in [2.24, 2.45) is 0 Å². The lowest BCUT2D eigenvalue weighted by atomic mass is 10.1. The molecule has 0 bridgehead atoms. The van der Waals surface area contributed by atoms with Gasteiger partial charge in [0.05, 0.1) is 11.4 Å². The van der Waals surface area contributed by atoms with Crippen molar-refractivity contribution in [1.29, 1.82) is 0 Å². The Balaban J connectivity index is 1.97. The fourth-order valence-electron chi connectivity index (χ4n) is 3.00. The minimum Gasteiger partial charge on any atom is -0.340 e. The maximum Gasteiger partial charge on any atom is 0.0553 e. The second-order valence-corrected chi connectivity index (χ2v) is 7.05. The van der Waals surface area contributed by atoms with Gasteiger partial charge in [0.15, 0.2) is 0 Å². The predicted octanol–water partition coefficient (Wildman–Crippen LogP) is 5.83. The average molecular weight is 331 g/mol. The first-order valence-corrected chi connectivity index (χ1v) is 9.25. The van der Waals surface area contributed by atoms with Crippen LogP contribution in [-0.4, -0.2) is 6.54 Å². The number of hydrogen-bond donors (Lipinski definition) is 0. The lowest BCUT2D eigenvalue weighted by Crippen LogP contribution is -2.22. The molecule has 0 aliphatic carbocycles. The second kappa shape index (κ2) is 7.52. The highest BCUT2D eigenvalue weighted by molar-refractivity contribution is 7.99. The van der Waals surface area contributed by atoms with Crippen LogP contribution in [0.5, 0.6) is 0 Å². The monoisotopic (exact) mass is 331 g/mol. The van der Waals surface area contributed by atoms with Crippen LogP contribution in [0.1, 0.15) is 43.7 Å². The molecule has 0 aromatic heterocycles. The number of terminal acetylenes is 2. The Hall–Kier alpha value is -2.29. The summed E-state index contributed by atoms with van der Waals surface area (Å²) in [6.45, 7) is 3.26. The Morgan fingerprint density at radius 1 is 0.875 bits per heavy atom. The highest BCUT2D eigenvalue weighted by Gasteiger charge is 2.23. The zero-order valence-corrected chi connectivity index (χ0v) is 14.8. The first-order valence-electron chi connectivity index (χ1n) is 8.43. The molecule has 0 N–H and O–H groups in total. The van der Waals surface area contributed by atoms with E-state index in [1.54, 1.807) is 11.8 Å². The Kier molecular flexibility index (Phi) is 5.19. The lowest BCUT2D eigenvalue weighted by Gasteiger charge is -2.33. The van der Waals surface area contributed by atoms with Gasteiger partial charge in [0.2, 0.25) is 0 Å². The molecule has 120 valence electrons. The standard InChI is InChI=1S/C22H21NS/c1-4-7-8-9-14-23-19-12-10-17(5-2)15-21(19)24-22-16-18(6-3)11-13-20(22)23/h2-3,10-13,15-16H,4,7-9,14H2,1H3. The molecule has 2 heteroatoms. The zero-order chi connectivity index (χ0) is 16.9. The Morgan fingerprint density at radius 2 is 1.46 bits per heavy atom. The van der Waals surface area contributed by atoms with Crippen LogP contribution in [0.15, 0.2) is 46.2 Å². The molecule has 24 heavy (non-hydrogen) atoms. The molecule has 2 aromatic rings. The van der Waals surface area contributed by atoms with Gasteiger partial charge in [-0.05, 0) is 42.8 Å². The zero-order valence-electron chi connectivity index (χ0n) is 14.0. The number of fused-ring (bicyclic) bond motifs is 2. The summed E-state index contributed by atoms with van der Waals surface area (Å²) < 4.78 is 0. The van der Waals surface area contributed by atoms with Crippen molar-refractivity contribution in [3.8, 4) is 24.7 Å². The van der Waals surface area contributed by atoms with Crippen LogP contribution in [-0.2, 0) is 0 Å². The molecule has 1 heterocycles. The van der Waals surface area contributed by atoms with Gasteiger partial charge < -0.3 is 4.90 Å². The number of nitrogens with zero attached hydrogens (tertiary/aromatic N) is 1. The van der Waals surface area contributed by atoms with Gasteiger partial charge >= 0.3 is 0 Å². The smallest absolute Gasteiger partial charge is 0.0553 e. The van der Waals surface area contributed by atoms with Crippen molar-refractivity contribution in [3.05, 3.63) is 47.5 Å². The maximum absolute atomic E-state index is 5.57. The van der Waals surface area contributed by atoms with E-state index in [0.29, 0.717) is 0 Å². The average Bonchev–Trinajstić information content (AvgIpc) is 2.63. The number of anilines is 2. The minimum atomic E-state index is 0.920. The van der Waals surface area contributed by atoms with Crippen molar-refractivity contribution >= 4 is 23.1 Å². The summed E-state index contributed by atoms with van der Waals surface area (Å²) in [4.78, 5) is 4.84. The van der Waals surface area contributed by atoms with E-state index >= 15 is 0 Å². The molecular formula is C22H21NS. The third-order valence-electron chi connectivity index (χ3n) is 4.29. The van der Waals surface area contributed by atoms with Gasteiger partial charge in [0, 0.05) is 27.5 Å². The minimum absolute atomic E-state index is 0.920. The largest absolute Gasteiger partial charge is 0.340 e. The van der Waals surface area contributed by atoms with Crippen LogP contribution in [0, 0.1) is 24.7 Å². The first kappa shape index (κ1) is 16.6. The molecule has 3 rings (SSSR count). The van der Waals surface area contributed by atoms with Crippen LogP contribution in [0.25, 0.3) is 0 Å². The summed E-state index contributed by atoms with van der Waals surface area (Å²) in [5.41, 5.74) is 4.33. The van der Waals surface area contributed by atoms with Gasteiger partial charge in [-0.25, -0.2) is 0 Å². The first-order chi connectivity index (χ1) is 11.8. The van der Waals surface area contributed by atoms with Crippen molar-refractivity contribution in [1.82, 2.24) is 0 Å². The van der Waals surface area contributed by atoms with E-state index in [9.17, 15) is 0 Å². The Bertz CT molecular complexity index is 759. The second-order valence-electron chi connectivity index (χ2n) is 5.97. The molecule has 2 aromatic carbocycles. The Labute approximate surface area is 149 Å². The van der Waals surface area contributed by atoms with Crippen LogP contribution < -0.4 is 4.90 Å². The van der Waals surface area contributed by atoms with Crippen LogP contribution in [0.4, 0.5) is 11.4 Å². The fourth-order valence-corrected chi connectivity index (χ4v) is 4.18. The van der Waals surface area contributed by atoms with E-state index in [4.69, 9.17) is 12.8 Å². The summed E-state index contributed by atoms with van der Waals surface area (Å²) in [6.07, 6.45) is 16.1. The molecule has 0 saturated carbocycles. The van der Waals surface area contributed by atoms with E-state index in [2.05, 4.69) is 47.9 Å². The van der Waals surface area contributed by atoms with Gasteiger partial charge in [-0.1, -0.05) is 49.8 Å². The van der Waals surface area contributed by atoms with Crippen molar-refractivity contribution in [3.63, 3.8) is 0 Å². The lowest BCUT2D eigenvalue weighted by molar-refractivity contribution is 0.665. The third kappa shape index (κ3) is 3.30. The SMILES string of the molecule is C#Cc1ccc2c(c1)Sc1cc(C#C)ccc1N2CCCCCC. The van der Waals surface area contributed by atoms with Crippen molar-refractivity contribution in [2.75, 3.05) is 11.4 Å². The molecular weight excluding hydrogens is 310 g/mol. The van der Waals surface area contributed by atoms with E-state index in [1.165, 1.54) is 46.8 Å². The molecule has 0 saturated heterocycles. The summed E-state index contributed by atoms with van der Waals surface area (Å²) in [5, 5.41) is 0. The number of benzene rings is 2. The fraction of sp³-hybridized carbons (Fsp3) is 0.273. The van der Waals surface area contributed by atoms with E-state index < -0.39 is 0 Å². The third-order valence-corrected chi connectivity index (χ3v) is 5.38. The van der Waals surface area contributed by atoms with Gasteiger partial charge in [-0.15, -0.1) is 12.8 Å². The molecule has 0 unspecified atom stereocenters. The summed E-state index contributed by atoms with van der Waals surface area (Å²) >= 11 is 1.76. The van der Waals surface area contributed by atoms with Gasteiger partial charge in [-0.2, -0.15) is 0 Å². The van der Waals surface area contributed by atoms with Gasteiger partial charge in [0.25, 0.3) is 0 Å². The number of unbranched alkanes of at least 4 members (excludes halogenated alkanes) is 3. The quantitative estimate of drug-likeness (QED) is 0.501. The summed E-state index contributed by atoms with van der Waals surface area (Å²) in [6, 6.07) is 12.6. The van der Waals surface area contributed by atoms with Crippen LogP contribution >= 0.6 is 11.8 Å². The molecule has 0 spiro atoms. The molecule has 1 aliphatic rings. The van der Waals surface area contributed by atoms with E-state index in [1.807, 2.05) is 12.1 Å². The normalized spacial score (nSPS) is 12.0. The van der Waals surface area contributed by atoms with Crippen molar-refractivity contribution in [2.45, 2.75) is 42.4 Å². The molecule has 0 radical (unpaired) electrons. The summed E-state index contributed by atoms with van der Waals surface area (Å²) in [7, 11) is 0. The molecule has 0 amide bonds. The van der Waals surface area contributed by atoms with Gasteiger partial charge in [0.1, 0.15) is 0 Å². The van der Waals surface area contributed by atoms with E-state index in [-0.39, 0.29) is 0 Å². The van der Waals surface area contributed by atoms with E-state index in [0.717, 1.165) is 17.7 Å². The predicted molar refractivity (Wildman–Crippen MR) is 104 cm³/mol. The number of hydrogen-bond acceptors (Lipinski definition) is 2. The topological polar surface area (TPSA) is 3.24 Å². The van der Waals surface area contributed by atoms with Crippen molar-refractivity contribution < 1.29 is 0 Å². The van der Waals surface area contributed by atoms with Gasteiger partial charge in [-0.3, -0.25) is 0 Å². The molecule has 0 fully saturated rings. The molecule has 1 aliphatic heterocycles. The number of rotatable bonds is 5. The summed E-state index contributed by atoms with van der Waals surface area (Å²) in [5.74, 6) is 5.47. The molecule has 1 nitrogen and oxygen atoms in total. The van der Waals surface area contributed by atoms with Crippen LogP contribution in [0.3, 0.4) is 0 Å². The highest BCUT2D eigenvalue weighted by atomic mass is 32.2. The maximum atomic E-state index is 5.57. The highest BCUT2D eigenvalue weighted by Crippen LogP contribution is 2.48. The molecule has 0 atom stereocenters. The van der Waals surface area contributed by atoms with Crippen LogP contribution in [0.2, 0.25) is 0 Å². The Morgan fingerprint density at radius 3 is 1.96 bits per heavy atom.